The third-order valence-corrected chi connectivity index (χ3v) is 2.51. The summed E-state index contributed by atoms with van der Waals surface area (Å²) < 4.78 is 39.9. The Hall–Kier alpha value is -2.24. The smallest absolute Gasteiger partial charge is 0.406 e. The van der Waals surface area contributed by atoms with Crippen LogP contribution in [0.4, 0.5) is 18.9 Å². The summed E-state index contributed by atoms with van der Waals surface area (Å²) in [6.45, 7) is 1.80. The number of nitrogens with zero attached hydrogens (tertiary/aromatic N) is 1. The zero-order chi connectivity index (χ0) is 14.0. The molecule has 2 rings (SSSR count). The number of nitrogen functional groups attached to an aromatic ring is 1. The summed E-state index contributed by atoms with van der Waals surface area (Å²) in [4.78, 5) is 4.10. The van der Waals surface area contributed by atoms with E-state index in [4.69, 9.17) is 5.73 Å². The van der Waals surface area contributed by atoms with Crippen LogP contribution in [0.25, 0.3) is 11.1 Å². The maximum atomic E-state index is 12.0. The maximum absolute atomic E-state index is 12.0. The van der Waals surface area contributed by atoms with E-state index in [2.05, 4.69) is 9.72 Å². The molecule has 0 spiro atoms. The molecular weight excluding hydrogens is 257 g/mol. The zero-order valence-corrected chi connectivity index (χ0v) is 10.0. The van der Waals surface area contributed by atoms with Crippen molar-refractivity contribution in [3.63, 3.8) is 0 Å². The fourth-order valence-corrected chi connectivity index (χ4v) is 1.68. The Morgan fingerprint density at radius 3 is 2.37 bits per heavy atom. The van der Waals surface area contributed by atoms with Crippen LogP contribution < -0.4 is 10.5 Å². The molecule has 1 aromatic carbocycles. The molecule has 6 heteroatoms. The molecule has 19 heavy (non-hydrogen) atoms. The Morgan fingerprint density at radius 2 is 1.79 bits per heavy atom. The molecule has 0 amide bonds. The van der Waals surface area contributed by atoms with Gasteiger partial charge in [0.25, 0.3) is 0 Å². The standard InChI is InChI=1S/C13H11F3N2O/c1-8-12(6-10(17)7-18-8)9-2-4-11(5-3-9)19-13(14,15)16/h2-7H,17H2,1H3. The van der Waals surface area contributed by atoms with Crippen molar-refractivity contribution in [2.75, 3.05) is 5.73 Å². The normalized spacial score (nSPS) is 11.4. The number of hydrogen-bond acceptors (Lipinski definition) is 3. The van der Waals surface area contributed by atoms with Gasteiger partial charge in [-0.25, -0.2) is 0 Å². The third-order valence-electron chi connectivity index (χ3n) is 2.51. The summed E-state index contributed by atoms with van der Waals surface area (Å²) in [5, 5.41) is 0. The Morgan fingerprint density at radius 1 is 1.16 bits per heavy atom. The van der Waals surface area contributed by atoms with Gasteiger partial charge in [0.15, 0.2) is 0 Å². The van der Waals surface area contributed by atoms with E-state index < -0.39 is 6.36 Å². The molecule has 1 aromatic heterocycles. The van der Waals surface area contributed by atoms with E-state index in [0.717, 1.165) is 16.8 Å². The van der Waals surface area contributed by atoms with Crippen LogP contribution in [0.1, 0.15) is 5.69 Å². The first-order chi connectivity index (χ1) is 8.85. The molecule has 0 radical (unpaired) electrons. The third kappa shape index (κ3) is 3.37. The summed E-state index contributed by atoms with van der Waals surface area (Å²) in [5.41, 5.74) is 8.39. The van der Waals surface area contributed by atoms with E-state index in [1.807, 2.05) is 0 Å². The van der Waals surface area contributed by atoms with Gasteiger partial charge in [0.05, 0.1) is 11.9 Å². The zero-order valence-electron chi connectivity index (χ0n) is 10.0. The lowest BCUT2D eigenvalue weighted by atomic mass is 10.0. The second-order valence-corrected chi connectivity index (χ2v) is 3.97. The van der Waals surface area contributed by atoms with Crippen LogP contribution in [0.3, 0.4) is 0 Å². The number of alkyl halides is 3. The van der Waals surface area contributed by atoms with Crippen LogP contribution >= 0.6 is 0 Å². The van der Waals surface area contributed by atoms with Gasteiger partial charge in [0, 0.05) is 11.3 Å². The van der Waals surface area contributed by atoms with Crippen LogP contribution in [-0.4, -0.2) is 11.3 Å². The van der Waals surface area contributed by atoms with Gasteiger partial charge >= 0.3 is 6.36 Å². The molecule has 0 unspecified atom stereocenters. The number of anilines is 1. The summed E-state index contributed by atoms with van der Waals surface area (Å²) in [7, 11) is 0. The molecule has 3 nitrogen and oxygen atoms in total. The average molecular weight is 268 g/mol. The van der Waals surface area contributed by atoms with Gasteiger partial charge in [0.2, 0.25) is 0 Å². The van der Waals surface area contributed by atoms with Crippen molar-refractivity contribution in [2.45, 2.75) is 13.3 Å². The molecule has 2 N–H and O–H groups in total. The molecule has 0 saturated heterocycles. The van der Waals surface area contributed by atoms with Gasteiger partial charge in [-0.3, -0.25) is 4.98 Å². The molecule has 0 aliphatic carbocycles. The number of pyridine rings is 1. The quantitative estimate of drug-likeness (QED) is 0.906. The Kier molecular flexibility index (Phi) is 3.33. The highest BCUT2D eigenvalue weighted by atomic mass is 19.4. The van der Waals surface area contributed by atoms with Crippen molar-refractivity contribution in [3.8, 4) is 16.9 Å². The van der Waals surface area contributed by atoms with E-state index in [-0.39, 0.29) is 5.75 Å². The summed E-state index contributed by atoms with van der Waals surface area (Å²) in [6.07, 6.45) is -3.16. The first kappa shape index (κ1) is 13.2. The van der Waals surface area contributed by atoms with Gasteiger partial charge in [-0.05, 0) is 30.7 Å². The molecule has 0 saturated carbocycles. The topological polar surface area (TPSA) is 48.1 Å². The number of rotatable bonds is 2. The number of ether oxygens (including phenoxy) is 1. The predicted octanol–water partition coefficient (Wildman–Crippen LogP) is 3.54. The predicted molar refractivity (Wildman–Crippen MR) is 65.5 cm³/mol. The maximum Gasteiger partial charge on any atom is 0.573 e. The summed E-state index contributed by atoms with van der Waals surface area (Å²) in [5.74, 6) is -0.259. The lowest BCUT2D eigenvalue weighted by molar-refractivity contribution is -0.274. The van der Waals surface area contributed by atoms with Crippen molar-refractivity contribution in [1.29, 1.82) is 0 Å². The Bertz CT molecular complexity index is 579. The van der Waals surface area contributed by atoms with Crippen LogP contribution in [0.2, 0.25) is 0 Å². The minimum absolute atomic E-state index is 0.259. The molecule has 2 aromatic rings. The highest BCUT2D eigenvalue weighted by Crippen LogP contribution is 2.28. The highest BCUT2D eigenvalue weighted by molar-refractivity contribution is 5.69. The molecule has 0 fully saturated rings. The number of nitrogens with two attached hydrogens (primary N) is 1. The van der Waals surface area contributed by atoms with E-state index in [1.54, 1.807) is 13.0 Å². The van der Waals surface area contributed by atoms with Crippen molar-refractivity contribution in [3.05, 3.63) is 42.2 Å². The van der Waals surface area contributed by atoms with Crippen molar-refractivity contribution >= 4 is 5.69 Å². The second kappa shape index (κ2) is 4.79. The van der Waals surface area contributed by atoms with Crippen molar-refractivity contribution in [2.24, 2.45) is 0 Å². The molecule has 0 atom stereocenters. The van der Waals surface area contributed by atoms with E-state index in [9.17, 15) is 13.2 Å². The van der Waals surface area contributed by atoms with Gasteiger partial charge in [0.1, 0.15) is 5.75 Å². The largest absolute Gasteiger partial charge is 0.573 e. The van der Waals surface area contributed by atoms with Crippen LogP contribution in [0.15, 0.2) is 36.5 Å². The molecule has 0 aliphatic heterocycles. The minimum atomic E-state index is -4.68. The second-order valence-electron chi connectivity index (χ2n) is 3.97. The average Bonchev–Trinajstić information content (AvgIpc) is 2.31. The van der Waals surface area contributed by atoms with Gasteiger partial charge in [-0.1, -0.05) is 12.1 Å². The SMILES string of the molecule is Cc1ncc(N)cc1-c1ccc(OC(F)(F)F)cc1. The van der Waals surface area contributed by atoms with E-state index >= 15 is 0 Å². The van der Waals surface area contributed by atoms with Crippen LogP contribution in [0, 0.1) is 6.92 Å². The van der Waals surface area contributed by atoms with Crippen LogP contribution in [0.5, 0.6) is 5.75 Å². The number of hydrogen-bond donors (Lipinski definition) is 1. The number of aromatic nitrogens is 1. The first-order valence-corrected chi connectivity index (χ1v) is 5.43. The van der Waals surface area contributed by atoms with Gasteiger partial charge < -0.3 is 10.5 Å². The molecule has 0 aliphatic rings. The van der Waals surface area contributed by atoms with Gasteiger partial charge in [-0.2, -0.15) is 0 Å². The summed E-state index contributed by atoms with van der Waals surface area (Å²) in [6, 6.07) is 7.30. The van der Waals surface area contributed by atoms with Gasteiger partial charge in [-0.15, -0.1) is 13.2 Å². The summed E-state index contributed by atoms with van der Waals surface area (Å²) >= 11 is 0. The van der Waals surface area contributed by atoms with E-state index in [1.165, 1.54) is 30.5 Å². The van der Waals surface area contributed by atoms with Crippen molar-refractivity contribution < 1.29 is 17.9 Å². The molecule has 100 valence electrons. The molecular formula is C13H11F3N2O. The fourth-order valence-electron chi connectivity index (χ4n) is 1.68. The molecule has 1 heterocycles. The fraction of sp³-hybridized carbons (Fsp3) is 0.154. The highest BCUT2D eigenvalue weighted by Gasteiger charge is 2.30. The van der Waals surface area contributed by atoms with E-state index in [0.29, 0.717) is 5.69 Å². The Labute approximate surface area is 107 Å². The monoisotopic (exact) mass is 268 g/mol. The lowest BCUT2D eigenvalue weighted by Gasteiger charge is -2.10. The number of halogens is 3. The number of aryl methyl sites for hydroxylation is 1. The van der Waals surface area contributed by atoms with Crippen molar-refractivity contribution in [1.82, 2.24) is 4.98 Å². The Balaban J connectivity index is 2.30. The number of benzene rings is 1. The first-order valence-electron chi connectivity index (χ1n) is 5.43. The molecule has 0 bridgehead atoms. The lowest BCUT2D eigenvalue weighted by Crippen LogP contribution is -2.16. The minimum Gasteiger partial charge on any atom is -0.406 e. The van der Waals surface area contributed by atoms with Crippen LogP contribution in [-0.2, 0) is 0 Å².